The van der Waals surface area contributed by atoms with E-state index in [-0.39, 0.29) is 0 Å². The number of aryl methyl sites for hydroxylation is 1. The monoisotopic (exact) mass is 200 g/mol. The van der Waals surface area contributed by atoms with Crippen molar-refractivity contribution < 1.29 is 0 Å². The van der Waals surface area contributed by atoms with Crippen molar-refractivity contribution in [3.05, 3.63) is 36.4 Å². The van der Waals surface area contributed by atoms with Crippen molar-refractivity contribution in [2.24, 2.45) is 0 Å². The summed E-state index contributed by atoms with van der Waals surface area (Å²) in [4.78, 5) is 8.44. The summed E-state index contributed by atoms with van der Waals surface area (Å²) in [7, 11) is 0. The zero-order valence-electron chi connectivity index (χ0n) is 7.69. The van der Waals surface area contributed by atoms with Gasteiger partial charge in [-0.1, -0.05) is 0 Å². The lowest BCUT2D eigenvalue weighted by Crippen LogP contribution is -1.77. The van der Waals surface area contributed by atoms with E-state index in [4.69, 9.17) is 0 Å². The fourth-order valence-electron chi connectivity index (χ4n) is 1.68. The summed E-state index contributed by atoms with van der Waals surface area (Å²) in [6, 6.07) is 4.11. The summed E-state index contributed by atoms with van der Waals surface area (Å²) in [5.41, 5.74) is 1.10. The van der Waals surface area contributed by atoms with Crippen LogP contribution in [0.5, 0.6) is 0 Å². The highest BCUT2D eigenvalue weighted by Crippen LogP contribution is 2.33. The Bertz CT molecular complexity index is 613. The van der Waals surface area contributed by atoms with Gasteiger partial charge in [0.15, 0.2) is 0 Å². The molecule has 14 heavy (non-hydrogen) atoms. The van der Waals surface area contributed by atoms with Gasteiger partial charge < -0.3 is 0 Å². The molecule has 0 bridgehead atoms. The molecule has 0 spiro atoms. The van der Waals surface area contributed by atoms with Crippen molar-refractivity contribution in [1.82, 2.24) is 9.97 Å². The van der Waals surface area contributed by atoms with Crippen LogP contribution in [-0.2, 0) is 0 Å². The number of hydrogen-bond acceptors (Lipinski definition) is 3. The van der Waals surface area contributed by atoms with Gasteiger partial charge in [-0.3, -0.25) is 9.97 Å². The summed E-state index contributed by atoms with van der Waals surface area (Å²) >= 11 is 1.79. The van der Waals surface area contributed by atoms with Gasteiger partial charge in [-0.2, -0.15) is 0 Å². The average molecular weight is 200 g/mol. The van der Waals surface area contributed by atoms with Crippen LogP contribution in [0, 0.1) is 6.92 Å². The van der Waals surface area contributed by atoms with Gasteiger partial charge >= 0.3 is 0 Å². The molecule has 0 aromatic carbocycles. The molecule has 3 heteroatoms. The number of aromatic nitrogens is 2. The summed E-state index contributed by atoms with van der Waals surface area (Å²) in [6.07, 6.45) is 5.62. The smallest absolute Gasteiger partial charge is 0.0568 e. The first-order chi connectivity index (χ1) is 6.86. The molecule has 0 amide bonds. The van der Waals surface area contributed by atoms with Gasteiger partial charge in [0.05, 0.1) is 10.4 Å². The molecule has 3 rings (SSSR count). The predicted octanol–water partition coefficient (Wildman–Crippen LogP) is 3.15. The first kappa shape index (κ1) is 7.88. The third-order valence-electron chi connectivity index (χ3n) is 2.37. The molecule has 0 aliphatic carbocycles. The molecule has 3 heterocycles. The second kappa shape index (κ2) is 2.75. The van der Waals surface area contributed by atoms with Crippen LogP contribution in [0.4, 0.5) is 0 Å². The number of nitrogens with zero attached hydrogens (tertiary/aromatic N) is 2. The predicted molar refractivity (Wildman–Crippen MR) is 59.7 cm³/mol. The molecular weight excluding hydrogens is 192 g/mol. The van der Waals surface area contributed by atoms with E-state index in [0.29, 0.717) is 0 Å². The molecule has 68 valence electrons. The van der Waals surface area contributed by atoms with E-state index < -0.39 is 0 Å². The molecule has 0 saturated heterocycles. The standard InChI is InChI=1S/C11H8N2S/c1-7-11-8(2-5-13-7)9-6-12-4-3-10(9)14-11/h2-6H,1H3. The number of thiophene rings is 1. The van der Waals surface area contributed by atoms with Gasteiger partial charge in [0, 0.05) is 34.1 Å². The summed E-state index contributed by atoms with van der Waals surface area (Å²) < 4.78 is 2.56. The van der Waals surface area contributed by atoms with Gasteiger partial charge in [-0.15, -0.1) is 11.3 Å². The molecule has 0 aliphatic heterocycles. The fourth-order valence-corrected chi connectivity index (χ4v) is 2.79. The maximum Gasteiger partial charge on any atom is 0.0568 e. The van der Waals surface area contributed by atoms with Crippen molar-refractivity contribution in [1.29, 1.82) is 0 Å². The minimum absolute atomic E-state index is 1.10. The van der Waals surface area contributed by atoms with Crippen LogP contribution in [0.15, 0.2) is 30.7 Å². The van der Waals surface area contributed by atoms with Crippen LogP contribution in [0.1, 0.15) is 5.69 Å². The molecule has 3 aromatic rings. The largest absolute Gasteiger partial charge is 0.264 e. The van der Waals surface area contributed by atoms with Gasteiger partial charge in [-0.05, 0) is 19.1 Å². The highest BCUT2D eigenvalue weighted by molar-refractivity contribution is 7.26. The Morgan fingerprint density at radius 1 is 1.14 bits per heavy atom. The fraction of sp³-hybridized carbons (Fsp3) is 0.0909. The van der Waals surface area contributed by atoms with E-state index in [9.17, 15) is 0 Å². The van der Waals surface area contributed by atoms with Crippen molar-refractivity contribution in [2.45, 2.75) is 6.92 Å². The Hall–Kier alpha value is -1.48. The highest BCUT2D eigenvalue weighted by atomic mass is 32.1. The molecule has 0 radical (unpaired) electrons. The maximum absolute atomic E-state index is 4.29. The Balaban J connectivity index is 2.63. The van der Waals surface area contributed by atoms with E-state index in [2.05, 4.69) is 22.1 Å². The third-order valence-corrected chi connectivity index (χ3v) is 3.66. The third kappa shape index (κ3) is 0.960. The van der Waals surface area contributed by atoms with E-state index >= 15 is 0 Å². The Morgan fingerprint density at radius 2 is 2.07 bits per heavy atom. The summed E-state index contributed by atoms with van der Waals surface area (Å²) in [6.45, 7) is 2.05. The van der Waals surface area contributed by atoms with Gasteiger partial charge in [0.2, 0.25) is 0 Å². The Kier molecular flexibility index (Phi) is 1.55. The number of rotatable bonds is 0. The average Bonchev–Trinajstić information content (AvgIpc) is 2.59. The van der Waals surface area contributed by atoms with Crippen LogP contribution in [0.3, 0.4) is 0 Å². The molecule has 0 aliphatic rings. The zero-order valence-corrected chi connectivity index (χ0v) is 8.51. The molecule has 2 nitrogen and oxygen atoms in total. The molecule has 0 saturated carbocycles. The van der Waals surface area contributed by atoms with E-state index in [1.54, 1.807) is 11.3 Å². The van der Waals surface area contributed by atoms with Crippen LogP contribution in [0.25, 0.3) is 20.2 Å². The first-order valence-electron chi connectivity index (χ1n) is 4.44. The maximum atomic E-state index is 4.29. The molecule has 0 atom stereocenters. The van der Waals surface area contributed by atoms with Gasteiger partial charge in [0.1, 0.15) is 0 Å². The molecule has 3 aromatic heterocycles. The van der Waals surface area contributed by atoms with Crippen molar-refractivity contribution in [3.8, 4) is 0 Å². The lowest BCUT2D eigenvalue weighted by Gasteiger charge is -1.92. The first-order valence-corrected chi connectivity index (χ1v) is 5.26. The van der Waals surface area contributed by atoms with E-state index in [0.717, 1.165) is 5.69 Å². The lowest BCUT2D eigenvalue weighted by molar-refractivity contribution is 1.25. The summed E-state index contributed by atoms with van der Waals surface area (Å²) in [5.74, 6) is 0. The molecule has 0 unspecified atom stereocenters. The van der Waals surface area contributed by atoms with Crippen LogP contribution in [0.2, 0.25) is 0 Å². The number of fused-ring (bicyclic) bond motifs is 3. The topological polar surface area (TPSA) is 25.8 Å². The van der Waals surface area contributed by atoms with Crippen molar-refractivity contribution in [3.63, 3.8) is 0 Å². The van der Waals surface area contributed by atoms with Crippen LogP contribution >= 0.6 is 11.3 Å². The zero-order chi connectivity index (χ0) is 9.54. The SMILES string of the molecule is Cc1nccc2c1sc1ccncc12. The molecule has 0 fully saturated rings. The molecular formula is C11H8N2S. The van der Waals surface area contributed by atoms with Gasteiger partial charge in [-0.25, -0.2) is 0 Å². The van der Waals surface area contributed by atoms with E-state index in [1.165, 1.54) is 20.2 Å². The lowest BCUT2D eigenvalue weighted by atomic mass is 10.2. The quantitative estimate of drug-likeness (QED) is 0.557. The second-order valence-electron chi connectivity index (χ2n) is 3.25. The summed E-state index contributed by atoms with van der Waals surface area (Å²) in [5, 5.41) is 2.50. The second-order valence-corrected chi connectivity index (χ2v) is 4.30. The van der Waals surface area contributed by atoms with E-state index in [1.807, 2.05) is 25.5 Å². The number of pyridine rings is 2. The Morgan fingerprint density at radius 3 is 3.00 bits per heavy atom. The normalized spacial score (nSPS) is 11.2. The minimum Gasteiger partial charge on any atom is -0.264 e. The van der Waals surface area contributed by atoms with Crippen LogP contribution < -0.4 is 0 Å². The Labute approximate surface area is 85.2 Å². The number of hydrogen-bond donors (Lipinski definition) is 0. The van der Waals surface area contributed by atoms with Crippen molar-refractivity contribution in [2.75, 3.05) is 0 Å². The highest BCUT2D eigenvalue weighted by Gasteiger charge is 2.06. The molecule has 0 N–H and O–H groups in total. The van der Waals surface area contributed by atoms with Gasteiger partial charge in [0.25, 0.3) is 0 Å². The van der Waals surface area contributed by atoms with Crippen LogP contribution in [-0.4, -0.2) is 9.97 Å². The minimum atomic E-state index is 1.10. The van der Waals surface area contributed by atoms with Crippen molar-refractivity contribution >= 4 is 31.5 Å².